The van der Waals surface area contributed by atoms with Gasteiger partial charge < -0.3 is 4.74 Å². The van der Waals surface area contributed by atoms with Gasteiger partial charge in [0.15, 0.2) is 11.5 Å². The summed E-state index contributed by atoms with van der Waals surface area (Å²) >= 11 is 3.52. The van der Waals surface area contributed by atoms with Crippen LogP contribution in [0.5, 0.6) is 0 Å². The fourth-order valence-electron chi connectivity index (χ4n) is 4.05. The molecule has 5 rings (SSSR count). The Morgan fingerprint density at radius 2 is 1.88 bits per heavy atom. The van der Waals surface area contributed by atoms with Crippen molar-refractivity contribution in [1.29, 1.82) is 0 Å². The number of dihydropyridines is 1. The van der Waals surface area contributed by atoms with Crippen molar-refractivity contribution in [3.8, 4) is 0 Å². The van der Waals surface area contributed by atoms with Gasteiger partial charge in [0.25, 0.3) is 0 Å². The predicted octanol–water partition coefficient (Wildman–Crippen LogP) is 5.60. The maximum Gasteiger partial charge on any atom is 0.357 e. The molecule has 2 aliphatic rings. The summed E-state index contributed by atoms with van der Waals surface area (Å²) in [6, 6.07) is 18.1. The number of hydrogen-bond donors (Lipinski definition) is 0. The lowest BCUT2D eigenvalue weighted by molar-refractivity contribution is 0.0513. The van der Waals surface area contributed by atoms with Crippen LogP contribution in [0, 0.1) is 0 Å². The number of esters is 1. The average Bonchev–Trinajstić information content (AvgIpc) is 3.14. The van der Waals surface area contributed by atoms with Gasteiger partial charge >= 0.3 is 5.97 Å². The Hall–Kier alpha value is -3.45. The average molecular weight is 489 g/mol. The second-order valence-electron chi connectivity index (χ2n) is 7.53. The SMILES string of the molecule is CCOC(=O)c1c2c(nn1C)N(c1ccc(Br)cc1)C1=CC(c3ccccc3)N=CC1=C2. The lowest BCUT2D eigenvalue weighted by Gasteiger charge is -2.32. The van der Waals surface area contributed by atoms with Gasteiger partial charge in [0.1, 0.15) is 0 Å². The summed E-state index contributed by atoms with van der Waals surface area (Å²) in [5.74, 6) is 0.300. The number of carbonyl (C=O) groups is 1. The summed E-state index contributed by atoms with van der Waals surface area (Å²) < 4.78 is 7.88. The summed E-state index contributed by atoms with van der Waals surface area (Å²) in [4.78, 5) is 19.6. The minimum absolute atomic E-state index is 0.101. The highest BCUT2D eigenvalue weighted by molar-refractivity contribution is 9.10. The number of carbonyl (C=O) groups excluding carboxylic acids is 1. The van der Waals surface area contributed by atoms with Crippen molar-refractivity contribution in [2.24, 2.45) is 12.0 Å². The Morgan fingerprint density at radius 1 is 1.12 bits per heavy atom. The van der Waals surface area contributed by atoms with E-state index in [0.717, 1.165) is 32.6 Å². The third kappa shape index (κ3) is 3.48. The highest BCUT2D eigenvalue weighted by Crippen LogP contribution is 2.43. The van der Waals surface area contributed by atoms with E-state index in [1.807, 2.05) is 54.8 Å². The fourth-order valence-corrected chi connectivity index (χ4v) is 4.31. The van der Waals surface area contributed by atoms with Gasteiger partial charge in [-0.15, -0.1) is 0 Å². The number of aliphatic imine (C=N–C) groups is 1. The van der Waals surface area contributed by atoms with Crippen LogP contribution in [-0.2, 0) is 11.8 Å². The number of rotatable bonds is 4. The number of hydrogen-bond acceptors (Lipinski definition) is 5. The minimum atomic E-state index is -0.390. The van der Waals surface area contributed by atoms with Crippen LogP contribution in [0.1, 0.15) is 34.6 Å². The summed E-state index contributed by atoms with van der Waals surface area (Å²) in [5.41, 5.74) is 5.12. The molecule has 0 amide bonds. The highest BCUT2D eigenvalue weighted by Gasteiger charge is 2.34. The number of allylic oxidation sites excluding steroid dienone is 1. The van der Waals surface area contributed by atoms with Crippen molar-refractivity contribution in [3.05, 3.63) is 93.2 Å². The van der Waals surface area contributed by atoms with Crippen LogP contribution in [0.4, 0.5) is 11.5 Å². The van der Waals surface area contributed by atoms with E-state index in [0.29, 0.717) is 18.1 Å². The van der Waals surface area contributed by atoms with Gasteiger partial charge in [0.2, 0.25) is 0 Å². The molecule has 1 atom stereocenters. The summed E-state index contributed by atoms with van der Waals surface area (Å²) in [7, 11) is 1.77. The van der Waals surface area contributed by atoms with Crippen LogP contribution in [0.3, 0.4) is 0 Å². The van der Waals surface area contributed by atoms with Crippen molar-refractivity contribution >= 4 is 45.7 Å². The molecule has 6 nitrogen and oxygen atoms in total. The Kier molecular flexibility index (Phi) is 5.27. The van der Waals surface area contributed by atoms with E-state index in [2.05, 4.69) is 39.0 Å². The predicted molar refractivity (Wildman–Crippen MR) is 129 cm³/mol. The molecule has 3 heterocycles. The van der Waals surface area contributed by atoms with E-state index in [1.54, 1.807) is 18.7 Å². The van der Waals surface area contributed by atoms with Gasteiger partial charge in [-0.1, -0.05) is 46.3 Å². The van der Waals surface area contributed by atoms with Gasteiger partial charge in [-0.25, -0.2) is 4.79 Å². The van der Waals surface area contributed by atoms with Crippen molar-refractivity contribution in [2.75, 3.05) is 11.5 Å². The summed E-state index contributed by atoms with van der Waals surface area (Å²) in [5, 5.41) is 4.72. The Morgan fingerprint density at radius 3 is 2.59 bits per heavy atom. The molecule has 0 radical (unpaired) electrons. The first kappa shape index (κ1) is 20.5. The molecule has 0 aliphatic carbocycles. The standard InChI is InChI=1S/C25H21BrN4O2/c1-3-32-25(31)23-20-13-17-15-27-21(16-7-5-4-6-8-16)14-22(17)30(24(20)28-29(23)2)19-11-9-18(26)10-12-19/h4-15,21H,3H2,1-2H3. The Bertz CT molecular complexity index is 1270. The van der Waals surface area contributed by atoms with Gasteiger partial charge in [-0.05, 0) is 48.9 Å². The maximum atomic E-state index is 12.7. The lowest BCUT2D eigenvalue weighted by Crippen LogP contribution is -2.25. The highest BCUT2D eigenvalue weighted by atomic mass is 79.9. The van der Waals surface area contributed by atoms with E-state index in [4.69, 9.17) is 14.8 Å². The molecular weight excluding hydrogens is 468 g/mol. The molecule has 0 saturated carbocycles. The third-order valence-electron chi connectivity index (χ3n) is 5.50. The van der Waals surface area contributed by atoms with Crippen molar-refractivity contribution in [1.82, 2.24) is 9.78 Å². The molecule has 32 heavy (non-hydrogen) atoms. The number of aromatic nitrogens is 2. The second kappa shape index (κ2) is 8.24. The first-order chi connectivity index (χ1) is 15.6. The second-order valence-corrected chi connectivity index (χ2v) is 8.44. The normalized spacial score (nSPS) is 16.7. The smallest absolute Gasteiger partial charge is 0.357 e. The molecule has 2 aromatic carbocycles. The Labute approximate surface area is 194 Å². The van der Waals surface area contributed by atoms with Crippen molar-refractivity contribution in [3.63, 3.8) is 0 Å². The number of aryl methyl sites for hydroxylation is 1. The molecule has 1 unspecified atom stereocenters. The number of ether oxygens (including phenoxy) is 1. The lowest BCUT2D eigenvalue weighted by atomic mass is 9.95. The zero-order valence-corrected chi connectivity index (χ0v) is 19.3. The number of halogens is 1. The molecular formula is C25H21BrN4O2. The molecule has 0 bridgehead atoms. The zero-order valence-electron chi connectivity index (χ0n) is 17.7. The third-order valence-corrected chi connectivity index (χ3v) is 6.03. The van der Waals surface area contributed by atoms with E-state index >= 15 is 0 Å². The largest absolute Gasteiger partial charge is 0.461 e. The van der Waals surface area contributed by atoms with Gasteiger partial charge in [0.05, 0.1) is 23.9 Å². The van der Waals surface area contributed by atoms with E-state index in [1.165, 1.54) is 0 Å². The number of anilines is 2. The molecule has 0 spiro atoms. The quantitative estimate of drug-likeness (QED) is 0.448. The van der Waals surface area contributed by atoms with Crippen LogP contribution in [-0.4, -0.2) is 28.6 Å². The molecule has 7 heteroatoms. The van der Waals surface area contributed by atoms with Crippen LogP contribution < -0.4 is 4.90 Å². The molecule has 1 aromatic heterocycles. The number of fused-ring (bicyclic) bond motifs is 2. The first-order valence-electron chi connectivity index (χ1n) is 10.4. The number of benzene rings is 2. The van der Waals surface area contributed by atoms with Gasteiger partial charge in [-0.2, -0.15) is 5.10 Å². The van der Waals surface area contributed by atoms with Crippen molar-refractivity contribution in [2.45, 2.75) is 13.0 Å². The van der Waals surface area contributed by atoms with E-state index in [9.17, 15) is 4.79 Å². The van der Waals surface area contributed by atoms with E-state index < -0.39 is 5.97 Å². The molecule has 0 fully saturated rings. The molecule has 2 aliphatic heterocycles. The molecule has 0 N–H and O–H groups in total. The summed E-state index contributed by atoms with van der Waals surface area (Å²) in [6.45, 7) is 2.10. The van der Waals surface area contributed by atoms with Crippen LogP contribution in [0.2, 0.25) is 0 Å². The zero-order chi connectivity index (χ0) is 22.2. The van der Waals surface area contributed by atoms with Crippen LogP contribution in [0.15, 0.2) is 81.4 Å². The van der Waals surface area contributed by atoms with Crippen molar-refractivity contribution < 1.29 is 9.53 Å². The van der Waals surface area contributed by atoms with E-state index in [-0.39, 0.29) is 6.04 Å². The number of nitrogens with zero attached hydrogens (tertiary/aromatic N) is 4. The molecule has 160 valence electrons. The topological polar surface area (TPSA) is 59.7 Å². The van der Waals surface area contributed by atoms with Gasteiger partial charge in [0, 0.05) is 29.0 Å². The molecule has 3 aromatic rings. The minimum Gasteiger partial charge on any atom is -0.461 e. The summed E-state index contributed by atoms with van der Waals surface area (Å²) in [6.07, 6.45) is 6.00. The fraction of sp³-hybridized carbons (Fsp3) is 0.160. The van der Waals surface area contributed by atoms with Crippen LogP contribution in [0.25, 0.3) is 6.08 Å². The molecule has 0 saturated heterocycles. The maximum absolute atomic E-state index is 12.7. The Balaban J connectivity index is 1.69. The van der Waals surface area contributed by atoms with Crippen LogP contribution >= 0.6 is 15.9 Å². The van der Waals surface area contributed by atoms with Gasteiger partial charge in [-0.3, -0.25) is 14.6 Å². The monoisotopic (exact) mass is 488 g/mol. The first-order valence-corrected chi connectivity index (χ1v) is 11.2.